The van der Waals surface area contributed by atoms with Gasteiger partial charge in [0, 0.05) is 29.2 Å². The van der Waals surface area contributed by atoms with E-state index in [1.807, 2.05) is 0 Å². The normalized spacial score (nSPS) is 21.4. The molecule has 0 amide bonds. The Balaban J connectivity index is 0.000000980. The largest absolute Gasteiger partial charge is 0.314 e. The highest BCUT2D eigenvalue weighted by atomic mass is 127. The van der Waals surface area contributed by atoms with E-state index in [-0.39, 0.29) is 12.4 Å². The van der Waals surface area contributed by atoms with Crippen LogP contribution in [0.1, 0.15) is 11.6 Å². The fraction of sp³-hybridized carbons (Fsp3) is 0.400. The van der Waals surface area contributed by atoms with Crippen molar-refractivity contribution in [1.29, 1.82) is 0 Å². The zero-order valence-corrected chi connectivity index (χ0v) is 10.8. The van der Waals surface area contributed by atoms with Gasteiger partial charge >= 0.3 is 0 Å². The minimum Gasteiger partial charge on any atom is -0.314 e. The minimum absolute atomic E-state index is 0. The quantitative estimate of drug-likeness (QED) is 0.772. The number of rotatable bonds is 1. The molecule has 2 rings (SSSR count). The van der Waals surface area contributed by atoms with Crippen LogP contribution in [0.5, 0.6) is 0 Å². The van der Waals surface area contributed by atoms with Crippen LogP contribution >= 0.6 is 35.0 Å². The van der Waals surface area contributed by atoms with E-state index in [1.54, 1.807) is 0 Å². The molecule has 0 bridgehead atoms. The lowest BCUT2D eigenvalue weighted by molar-refractivity contribution is 0.430. The van der Waals surface area contributed by atoms with E-state index in [1.165, 1.54) is 9.13 Å². The molecule has 1 atom stereocenters. The van der Waals surface area contributed by atoms with Gasteiger partial charge in [-0.3, -0.25) is 0 Å². The van der Waals surface area contributed by atoms with Crippen molar-refractivity contribution in [3.8, 4) is 0 Å². The lowest BCUT2D eigenvalue weighted by Gasteiger charge is -2.24. The molecule has 1 aromatic rings. The number of halogens is 2. The molecule has 2 N–H and O–H groups in total. The van der Waals surface area contributed by atoms with E-state index in [9.17, 15) is 0 Å². The third kappa shape index (κ3) is 3.08. The minimum atomic E-state index is 0. The Kier molecular flexibility index (Phi) is 5.15. The highest BCUT2D eigenvalue weighted by Gasteiger charge is 2.13. The topological polar surface area (TPSA) is 24.1 Å². The molecule has 1 heterocycles. The summed E-state index contributed by atoms with van der Waals surface area (Å²) < 4.78 is 1.31. The smallest absolute Gasteiger partial charge is 0.0447 e. The maximum atomic E-state index is 3.50. The molecule has 1 aliphatic heterocycles. The van der Waals surface area contributed by atoms with Crippen LogP contribution in [0.2, 0.25) is 0 Å². The number of nitrogens with one attached hydrogen (secondary N) is 2. The van der Waals surface area contributed by atoms with E-state index in [4.69, 9.17) is 0 Å². The number of hydrogen-bond acceptors (Lipinski definition) is 2. The predicted octanol–water partition coefficient (Wildman–Crippen LogP) is 1.95. The highest BCUT2D eigenvalue weighted by Crippen LogP contribution is 2.16. The zero-order valence-electron chi connectivity index (χ0n) is 7.79. The van der Waals surface area contributed by atoms with Crippen molar-refractivity contribution < 1.29 is 0 Å². The Labute approximate surface area is 104 Å². The molecule has 1 fully saturated rings. The lowest BCUT2D eigenvalue weighted by atomic mass is 10.1. The molecule has 1 aromatic carbocycles. The van der Waals surface area contributed by atoms with Crippen molar-refractivity contribution in [2.75, 3.05) is 19.6 Å². The Morgan fingerprint density at radius 2 is 2.14 bits per heavy atom. The second kappa shape index (κ2) is 5.90. The van der Waals surface area contributed by atoms with Crippen LogP contribution in [-0.2, 0) is 0 Å². The molecule has 78 valence electrons. The van der Waals surface area contributed by atoms with E-state index in [0.29, 0.717) is 6.04 Å². The average Bonchev–Trinajstić information content (AvgIpc) is 2.19. The first kappa shape index (κ1) is 12.2. The van der Waals surface area contributed by atoms with Crippen LogP contribution in [0, 0.1) is 3.57 Å². The molecule has 0 radical (unpaired) electrons. The lowest BCUT2D eigenvalue weighted by Crippen LogP contribution is -2.42. The first-order chi connectivity index (χ1) is 6.36. The van der Waals surface area contributed by atoms with Crippen molar-refractivity contribution in [3.63, 3.8) is 0 Å². The van der Waals surface area contributed by atoms with Crippen molar-refractivity contribution in [3.05, 3.63) is 33.4 Å². The maximum Gasteiger partial charge on any atom is 0.0447 e. The molecular weight excluding hydrogens is 310 g/mol. The first-order valence-corrected chi connectivity index (χ1v) is 5.64. The third-order valence-corrected chi connectivity index (χ3v) is 2.96. The average molecular weight is 325 g/mol. The van der Waals surface area contributed by atoms with E-state index >= 15 is 0 Å². The number of benzene rings is 1. The van der Waals surface area contributed by atoms with Crippen molar-refractivity contribution in [2.45, 2.75) is 6.04 Å². The number of piperazine rings is 1. The molecule has 1 aliphatic rings. The van der Waals surface area contributed by atoms with Gasteiger partial charge in [-0.05, 0) is 40.3 Å². The monoisotopic (exact) mass is 324 g/mol. The molecular formula is C10H14ClIN2. The molecule has 0 unspecified atom stereocenters. The maximum absolute atomic E-state index is 3.50. The summed E-state index contributed by atoms with van der Waals surface area (Å²) in [5.74, 6) is 0. The third-order valence-electron chi connectivity index (χ3n) is 2.29. The van der Waals surface area contributed by atoms with Crippen LogP contribution in [0.3, 0.4) is 0 Å². The summed E-state index contributed by atoms with van der Waals surface area (Å²) in [5.41, 5.74) is 1.39. The van der Waals surface area contributed by atoms with Gasteiger partial charge in [0.1, 0.15) is 0 Å². The molecule has 0 spiro atoms. The summed E-state index contributed by atoms with van der Waals surface area (Å²) in [4.78, 5) is 0. The number of hydrogen-bond donors (Lipinski definition) is 2. The zero-order chi connectivity index (χ0) is 9.10. The summed E-state index contributed by atoms with van der Waals surface area (Å²) in [5, 5.41) is 6.88. The fourth-order valence-electron chi connectivity index (χ4n) is 1.61. The molecule has 0 aliphatic carbocycles. The second-order valence-electron chi connectivity index (χ2n) is 3.27. The van der Waals surface area contributed by atoms with Gasteiger partial charge in [0.05, 0.1) is 0 Å². The van der Waals surface area contributed by atoms with Gasteiger partial charge < -0.3 is 10.6 Å². The molecule has 2 nitrogen and oxygen atoms in total. The molecule has 0 saturated carbocycles. The van der Waals surface area contributed by atoms with Gasteiger partial charge in [0.25, 0.3) is 0 Å². The van der Waals surface area contributed by atoms with Gasteiger partial charge in [-0.15, -0.1) is 12.4 Å². The van der Waals surface area contributed by atoms with Gasteiger partial charge in [-0.2, -0.15) is 0 Å². The first-order valence-electron chi connectivity index (χ1n) is 4.56. The van der Waals surface area contributed by atoms with Gasteiger partial charge in [-0.1, -0.05) is 12.1 Å². The van der Waals surface area contributed by atoms with Crippen LogP contribution in [-0.4, -0.2) is 19.6 Å². The summed E-state index contributed by atoms with van der Waals surface area (Å²) in [7, 11) is 0. The second-order valence-corrected chi connectivity index (χ2v) is 4.51. The Hall–Kier alpha value is 0.160. The summed E-state index contributed by atoms with van der Waals surface area (Å²) >= 11 is 2.35. The summed E-state index contributed by atoms with van der Waals surface area (Å²) in [6, 6.07) is 9.16. The van der Waals surface area contributed by atoms with Crippen LogP contribution in [0.25, 0.3) is 0 Å². The Bertz CT molecular complexity index is 287. The summed E-state index contributed by atoms with van der Waals surface area (Å²) in [6.07, 6.45) is 0. The van der Waals surface area contributed by atoms with Crippen LogP contribution in [0.4, 0.5) is 0 Å². The van der Waals surface area contributed by atoms with Crippen LogP contribution < -0.4 is 10.6 Å². The van der Waals surface area contributed by atoms with Gasteiger partial charge in [0.2, 0.25) is 0 Å². The van der Waals surface area contributed by atoms with Gasteiger partial charge in [0.15, 0.2) is 0 Å². The van der Waals surface area contributed by atoms with Crippen LogP contribution in [0.15, 0.2) is 24.3 Å². The molecule has 1 saturated heterocycles. The predicted molar refractivity (Wildman–Crippen MR) is 70.0 cm³/mol. The molecule has 0 aromatic heterocycles. The highest BCUT2D eigenvalue weighted by molar-refractivity contribution is 14.1. The van der Waals surface area contributed by atoms with E-state index in [2.05, 4.69) is 57.5 Å². The molecule has 4 heteroatoms. The van der Waals surface area contributed by atoms with Gasteiger partial charge in [-0.25, -0.2) is 0 Å². The van der Waals surface area contributed by atoms with Crippen molar-refractivity contribution in [1.82, 2.24) is 10.6 Å². The Morgan fingerprint density at radius 1 is 1.29 bits per heavy atom. The van der Waals surface area contributed by atoms with E-state index < -0.39 is 0 Å². The Morgan fingerprint density at radius 3 is 2.79 bits per heavy atom. The van der Waals surface area contributed by atoms with Crippen molar-refractivity contribution in [2.24, 2.45) is 0 Å². The van der Waals surface area contributed by atoms with Crippen molar-refractivity contribution >= 4 is 35.0 Å². The summed E-state index contributed by atoms with van der Waals surface area (Å²) in [6.45, 7) is 3.19. The molecule has 14 heavy (non-hydrogen) atoms. The SMILES string of the molecule is Cl.Ic1cccc([C@@H]2CNCCN2)c1. The standard InChI is InChI=1S/C10H13IN2.ClH/c11-9-3-1-2-8(6-9)10-7-12-4-5-13-10;/h1-3,6,10,12-13H,4-5,7H2;1H/t10-;/m0./s1. The fourth-order valence-corrected chi connectivity index (χ4v) is 2.18. The van der Waals surface area contributed by atoms with E-state index in [0.717, 1.165) is 19.6 Å².